The van der Waals surface area contributed by atoms with Crippen LogP contribution >= 0.6 is 11.6 Å². The van der Waals surface area contributed by atoms with Crippen LogP contribution in [0.1, 0.15) is 16.8 Å². The predicted molar refractivity (Wildman–Crippen MR) is 71.5 cm³/mol. The number of nitrogen functional groups attached to an aromatic ring is 1. The zero-order valence-corrected chi connectivity index (χ0v) is 11.1. The largest absolute Gasteiger partial charge is 0.398 e. The van der Waals surface area contributed by atoms with Crippen LogP contribution in [0, 0.1) is 0 Å². The third kappa shape index (κ3) is 3.37. The molecule has 0 aliphatic carbocycles. The van der Waals surface area contributed by atoms with Gasteiger partial charge in [-0.15, -0.1) is 0 Å². The zero-order chi connectivity index (χ0) is 13.7. The van der Waals surface area contributed by atoms with Crippen molar-refractivity contribution in [3.63, 3.8) is 0 Å². The first kappa shape index (κ1) is 14.3. The highest BCUT2D eigenvalue weighted by molar-refractivity contribution is 6.34. The van der Waals surface area contributed by atoms with E-state index in [1.807, 2.05) is 0 Å². The molecule has 0 heterocycles. The SMILES string of the molecule is CNC(=O)CCN(C)C(=O)c1c(N)cccc1Cl. The fourth-order valence-electron chi connectivity index (χ4n) is 1.45. The summed E-state index contributed by atoms with van der Waals surface area (Å²) in [7, 11) is 3.16. The number of nitrogens with zero attached hydrogens (tertiary/aromatic N) is 1. The topological polar surface area (TPSA) is 75.4 Å². The van der Waals surface area contributed by atoms with Crippen molar-refractivity contribution in [2.75, 3.05) is 26.4 Å². The van der Waals surface area contributed by atoms with Gasteiger partial charge in [-0.2, -0.15) is 0 Å². The van der Waals surface area contributed by atoms with Crippen molar-refractivity contribution in [2.45, 2.75) is 6.42 Å². The van der Waals surface area contributed by atoms with Gasteiger partial charge in [0, 0.05) is 32.7 Å². The van der Waals surface area contributed by atoms with E-state index in [1.54, 1.807) is 32.3 Å². The van der Waals surface area contributed by atoms with Crippen LogP contribution in [0.15, 0.2) is 18.2 Å². The molecule has 0 saturated heterocycles. The molecule has 0 aliphatic heterocycles. The fraction of sp³-hybridized carbons (Fsp3) is 0.333. The third-order valence-electron chi connectivity index (χ3n) is 2.56. The molecule has 6 heteroatoms. The molecule has 0 bridgehead atoms. The fourth-order valence-corrected chi connectivity index (χ4v) is 1.72. The average Bonchev–Trinajstić information content (AvgIpc) is 2.34. The minimum atomic E-state index is -0.290. The van der Waals surface area contributed by atoms with Crippen LogP contribution in [0.2, 0.25) is 5.02 Å². The zero-order valence-electron chi connectivity index (χ0n) is 10.4. The van der Waals surface area contributed by atoms with E-state index >= 15 is 0 Å². The van der Waals surface area contributed by atoms with Crippen molar-refractivity contribution in [3.8, 4) is 0 Å². The number of hydrogen-bond acceptors (Lipinski definition) is 3. The number of hydrogen-bond donors (Lipinski definition) is 2. The van der Waals surface area contributed by atoms with E-state index in [9.17, 15) is 9.59 Å². The van der Waals surface area contributed by atoms with Crippen molar-refractivity contribution in [1.82, 2.24) is 10.2 Å². The highest BCUT2D eigenvalue weighted by Gasteiger charge is 2.18. The van der Waals surface area contributed by atoms with Crippen molar-refractivity contribution in [3.05, 3.63) is 28.8 Å². The normalized spacial score (nSPS) is 9.94. The number of nitrogens with two attached hydrogens (primary N) is 1. The Bertz CT molecular complexity index is 442. The van der Waals surface area contributed by atoms with E-state index in [2.05, 4.69) is 5.32 Å². The van der Waals surface area contributed by atoms with Gasteiger partial charge in [-0.3, -0.25) is 9.59 Å². The van der Waals surface area contributed by atoms with Crippen LogP contribution in [-0.4, -0.2) is 37.4 Å². The lowest BCUT2D eigenvalue weighted by Gasteiger charge is -2.18. The van der Waals surface area contributed by atoms with E-state index in [-0.39, 0.29) is 23.8 Å². The van der Waals surface area contributed by atoms with E-state index < -0.39 is 0 Å². The molecule has 0 saturated carbocycles. The number of amides is 2. The van der Waals surface area contributed by atoms with Gasteiger partial charge in [-0.25, -0.2) is 0 Å². The lowest BCUT2D eigenvalue weighted by atomic mass is 10.1. The number of carbonyl (C=O) groups is 2. The number of anilines is 1. The Labute approximate surface area is 111 Å². The molecular formula is C12H16ClN3O2. The van der Waals surface area contributed by atoms with Crippen LogP contribution < -0.4 is 11.1 Å². The molecule has 1 aromatic rings. The van der Waals surface area contributed by atoms with Crippen molar-refractivity contribution in [2.24, 2.45) is 0 Å². The molecule has 3 N–H and O–H groups in total. The molecular weight excluding hydrogens is 254 g/mol. The maximum absolute atomic E-state index is 12.1. The first-order valence-electron chi connectivity index (χ1n) is 5.47. The third-order valence-corrected chi connectivity index (χ3v) is 2.87. The molecule has 0 atom stereocenters. The quantitative estimate of drug-likeness (QED) is 0.805. The van der Waals surface area contributed by atoms with Crippen molar-refractivity contribution >= 4 is 29.1 Å². The smallest absolute Gasteiger partial charge is 0.257 e. The second-order valence-electron chi connectivity index (χ2n) is 3.85. The number of halogens is 1. The minimum absolute atomic E-state index is 0.123. The summed E-state index contributed by atoms with van der Waals surface area (Å²) in [5.41, 5.74) is 6.34. The van der Waals surface area contributed by atoms with Crippen LogP contribution in [-0.2, 0) is 4.79 Å². The van der Waals surface area contributed by atoms with Gasteiger partial charge in [0.1, 0.15) is 0 Å². The summed E-state index contributed by atoms with van der Waals surface area (Å²) in [6.45, 7) is 0.309. The molecule has 0 unspecified atom stereocenters. The number of benzene rings is 1. The summed E-state index contributed by atoms with van der Waals surface area (Å²) in [5.74, 6) is -0.413. The van der Waals surface area contributed by atoms with E-state index in [1.165, 1.54) is 4.90 Å². The van der Waals surface area contributed by atoms with Gasteiger partial charge in [0.2, 0.25) is 5.91 Å². The molecule has 5 nitrogen and oxygen atoms in total. The Morgan fingerprint density at radius 1 is 1.44 bits per heavy atom. The van der Waals surface area contributed by atoms with Gasteiger partial charge in [-0.05, 0) is 12.1 Å². The summed E-state index contributed by atoms with van der Waals surface area (Å²) in [5, 5.41) is 2.81. The second kappa shape index (κ2) is 6.26. The molecule has 2 amide bonds. The molecule has 18 heavy (non-hydrogen) atoms. The van der Waals surface area contributed by atoms with Crippen molar-refractivity contribution in [1.29, 1.82) is 0 Å². The van der Waals surface area contributed by atoms with E-state index in [4.69, 9.17) is 17.3 Å². The molecule has 0 radical (unpaired) electrons. The van der Waals surface area contributed by atoms with Crippen LogP contribution in [0.5, 0.6) is 0 Å². The van der Waals surface area contributed by atoms with Gasteiger partial charge < -0.3 is 16.0 Å². The summed E-state index contributed by atoms with van der Waals surface area (Å²) < 4.78 is 0. The maximum Gasteiger partial charge on any atom is 0.257 e. The summed E-state index contributed by atoms with van der Waals surface area (Å²) in [6, 6.07) is 4.91. The second-order valence-corrected chi connectivity index (χ2v) is 4.26. The van der Waals surface area contributed by atoms with Crippen LogP contribution in [0.25, 0.3) is 0 Å². The van der Waals surface area contributed by atoms with Gasteiger partial charge in [-0.1, -0.05) is 17.7 Å². The first-order valence-corrected chi connectivity index (χ1v) is 5.85. The highest BCUT2D eigenvalue weighted by atomic mass is 35.5. The molecule has 1 rings (SSSR count). The van der Waals surface area contributed by atoms with Gasteiger partial charge in [0.15, 0.2) is 0 Å². The van der Waals surface area contributed by atoms with Gasteiger partial charge in [0.25, 0.3) is 5.91 Å². The number of carbonyl (C=O) groups excluding carboxylic acids is 2. The summed E-state index contributed by atoms with van der Waals surface area (Å²) >= 11 is 5.95. The Morgan fingerprint density at radius 2 is 2.11 bits per heavy atom. The summed E-state index contributed by atoms with van der Waals surface area (Å²) in [4.78, 5) is 24.6. The van der Waals surface area contributed by atoms with Gasteiger partial charge in [0.05, 0.1) is 10.6 Å². The molecule has 0 aliphatic rings. The van der Waals surface area contributed by atoms with E-state index in [0.29, 0.717) is 17.3 Å². The average molecular weight is 270 g/mol. The Balaban J connectivity index is 2.78. The Hall–Kier alpha value is -1.75. The first-order chi connectivity index (χ1) is 8.47. The van der Waals surface area contributed by atoms with Crippen LogP contribution in [0.4, 0.5) is 5.69 Å². The molecule has 0 aromatic heterocycles. The van der Waals surface area contributed by atoms with E-state index in [0.717, 1.165) is 0 Å². The number of nitrogens with one attached hydrogen (secondary N) is 1. The number of rotatable bonds is 4. The lowest BCUT2D eigenvalue weighted by molar-refractivity contribution is -0.120. The van der Waals surface area contributed by atoms with Crippen LogP contribution in [0.3, 0.4) is 0 Å². The summed E-state index contributed by atoms with van der Waals surface area (Å²) in [6.07, 6.45) is 0.239. The maximum atomic E-state index is 12.1. The molecule has 98 valence electrons. The van der Waals surface area contributed by atoms with Crippen molar-refractivity contribution < 1.29 is 9.59 Å². The van der Waals surface area contributed by atoms with Gasteiger partial charge >= 0.3 is 0 Å². The standard InChI is InChI=1S/C12H16ClN3O2/c1-15-10(17)6-7-16(2)12(18)11-8(13)4-3-5-9(11)14/h3-5H,6-7,14H2,1-2H3,(H,15,17). The Morgan fingerprint density at radius 3 is 2.67 bits per heavy atom. The minimum Gasteiger partial charge on any atom is -0.398 e. The molecule has 0 spiro atoms. The molecule has 0 fully saturated rings. The Kier molecular flexibility index (Phi) is 4.97. The predicted octanol–water partition coefficient (Wildman–Crippen LogP) is 1.13. The molecule has 1 aromatic carbocycles. The monoisotopic (exact) mass is 269 g/mol. The highest BCUT2D eigenvalue weighted by Crippen LogP contribution is 2.23. The lowest BCUT2D eigenvalue weighted by Crippen LogP contribution is -2.32.